The Morgan fingerprint density at radius 2 is 1.83 bits per heavy atom. The molecule has 29 heavy (non-hydrogen) atoms. The van der Waals surface area contributed by atoms with Crippen molar-refractivity contribution in [3.8, 4) is 0 Å². The predicted molar refractivity (Wildman–Crippen MR) is 109 cm³/mol. The van der Waals surface area contributed by atoms with E-state index in [0.29, 0.717) is 11.8 Å². The second-order valence-electron chi connectivity index (χ2n) is 10.7. The molecule has 4 nitrogen and oxygen atoms in total. The normalized spacial score (nSPS) is 45.7. The zero-order chi connectivity index (χ0) is 20.1. The molecule has 2 amide bonds. The van der Waals surface area contributed by atoms with E-state index >= 15 is 0 Å². The fourth-order valence-corrected chi connectivity index (χ4v) is 7.74. The molecule has 8 atom stereocenters. The van der Waals surface area contributed by atoms with Crippen LogP contribution in [0.2, 0.25) is 0 Å². The molecule has 4 fully saturated rings. The summed E-state index contributed by atoms with van der Waals surface area (Å²) in [4.78, 5) is 28.5. The molecule has 0 spiro atoms. The molecule has 3 saturated carbocycles. The molecule has 4 bridgehead atoms. The average Bonchev–Trinajstić information content (AvgIpc) is 3.46. The van der Waals surface area contributed by atoms with Crippen LogP contribution in [0.1, 0.15) is 51.5 Å². The number of amides is 2. The topological polar surface area (TPSA) is 46.6 Å². The Hall–Kier alpha value is -2.10. The molecule has 0 N–H and O–H groups in total. The minimum atomic E-state index is -0.405. The van der Waals surface area contributed by atoms with Crippen LogP contribution in [-0.2, 0) is 9.53 Å². The van der Waals surface area contributed by atoms with Crippen molar-refractivity contribution in [1.29, 1.82) is 0 Å². The van der Waals surface area contributed by atoms with Gasteiger partial charge in [-0.25, -0.2) is 9.69 Å². The molecule has 0 aromatic heterocycles. The van der Waals surface area contributed by atoms with E-state index in [9.17, 15) is 9.59 Å². The van der Waals surface area contributed by atoms with Crippen molar-refractivity contribution in [1.82, 2.24) is 4.90 Å². The maximum absolute atomic E-state index is 14.0. The first-order valence-electron chi connectivity index (χ1n) is 11.1. The molecule has 4 aliphatic carbocycles. The lowest BCUT2D eigenvalue weighted by atomic mass is 9.70. The highest BCUT2D eigenvalue weighted by molar-refractivity contribution is 5.96. The van der Waals surface area contributed by atoms with Crippen molar-refractivity contribution in [3.05, 3.63) is 48.0 Å². The fourth-order valence-electron chi connectivity index (χ4n) is 7.74. The van der Waals surface area contributed by atoms with Gasteiger partial charge in [-0.05, 0) is 48.0 Å². The van der Waals surface area contributed by atoms with Gasteiger partial charge in [0.25, 0.3) is 0 Å². The van der Waals surface area contributed by atoms with Crippen LogP contribution in [-0.4, -0.2) is 29.0 Å². The van der Waals surface area contributed by atoms with Crippen LogP contribution in [0.15, 0.2) is 42.5 Å². The van der Waals surface area contributed by atoms with Crippen LogP contribution < -0.4 is 0 Å². The smallest absolute Gasteiger partial charge is 0.417 e. The standard InChI is InChI=1S/C25H29NO3/c1-24(2)17-11-12-25(24,3)21-20(17)26(23(28)29-21)22(27)19-16-10-9-15(13-16)18(19)14-7-5-4-6-8-14/h4-10,15-21H,11-13H2,1-3H3/t15-,16+,17-,18+,19+,20+,21+,25+/m1/s1. The zero-order valence-electron chi connectivity index (χ0n) is 17.4. The SMILES string of the molecule is CC1(C)[C@@H]2CC[C@@]1(C)[C@H]1OC(=O)N(C(=O)[C@@H]3[C@@H](c4ccccc4)[C@@H]4C=C[C@H]3C4)[C@@H]21. The Morgan fingerprint density at radius 3 is 2.59 bits per heavy atom. The van der Waals surface area contributed by atoms with Crippen LogP contribution in [0.4, 0.5) is 4.79 Å². The quantitative estimate of drug-likeness (QED) is 0.683. The van der Waals surface area contributed by atoms with E-state index in [1.54, 1.807) is 4.90 Å². The average molecular weight is 392 g/mol. The molecule has 1 aliphatic heterocycles. The Morgan fingerprint density at radius 1 is 1.10 bits per heavy atom. The number of nitrogens with zero attached hydrogens (tertiary/aromatic N) is 1. The van der Waals surface area contributed by atoms with E-state index in [1.807, 2.05) is 18.2 Å². The van der Waals surface area contributed by atoms with Crippen LogP contribution in [0.25, 0.3) is 0 Å². The summed E-state index contributed by atoms with van der Waals surface area (Å²) in [5, 5.41) is 0. The van der Waals surface area contributed by atoms with Gasteiger partial charge < -0.3 is 4.74 Å². The summed E-state index contributed by atoms with van der Waals surface area (Å²) < 4.78 is 5.92. The monoisotopic (exact) mass is 391 g/mol. The maximum atomic E-state index is 14.0. The lowest BCUT2D eigenvalue weighted by molar-refractivity contribution is -0.135. The fraction of sp³-hybridized carbons (Fsp3) is 0.600. The number of carbonyl (C=O) groups is 2. The molecule has 6 rings (SSSR count). The van der Waals surface area contributed by atoms with E-state index in [2.05, 4.69) is 45.1 Å². The van der Waals surface area contributed by atoms with Crippen molar-refractivity contribution in [2.24, 2.45) is 34.5 Å². The van der Waals surface area contributed by atoms with Gasteiger partial charge in [-0.2, -0.15) is 0 Å². The van der Waals surface area contributed by atoms with Crippen LogP contribution >= 0.6 is 0 Å². The van der Waals surface area contributed by atoms with Gasteiger partial charge in [-0.15, -0.1) is 0 Å². The highest BCUT2D eigenvalue weighted by atomic mass is 16.6. The number of hydrogen-bond acceptors (Lipinski definition) is 3. The minimum Gasteiger partial charge on any atom is -0.443 e. The summed E-state index contributed by atoms with van der Waals surface area (Å²) in [6.45, 7) is 6.85. The summed E-state index contributed by atoms with van der Waals surface area (Å²) in [5.74, 6) is 0.949. The number of benzene rings is 1. The first kappa shape index (κ1) is 17.7. The highest BCUT2D eigenvalue weighted by Crippen LogP contribution is 2.69. The van der Waals surface area contributed by atoms with E-state index in [4.69, 9.17) is 4.74 Å². The lowest BCUT2D eigenvalue weighted by Gasteiger charge is -2.36. The maximum Gasteiger partial charge on any atom is 0.417 e. The first-order chi connectivity index (χ1) is 13.8. The van der Waals surface area contributed by atoms with E-state index in [0.717, 1.165) is 19.3 Å². The van der Waals surface area contributed by atoms with Crippen molar-refractivity contribution in [2.75, 3.05) is 0 Å². The van der Waals surface area contributed by atoms with Crippen LogP contribution in [0.3, 0.4) is 0 Å². The van der Waals surface area contributed by atoms with Gasteiger partial charge in [0, 0.05) is 11.3 Å². The molecule has 0 unspecified atom stereocenters. The van der Waals surface area contributed by atoms with Crippen molar-refractivity contribution >= 4 is 12.0 Å². The molecule has 0 radical (unpaired) electrons. The van der Waals surface area contributed by atoms with Crippen LogP contribution in [0, 0.1) is 34.5 Å². The van der Waals surface area contributed by atoms with Crippen LogP contribution in [0.5, 0.6) is 0 Å². The number of imide groups is 1. The third kappa shape index (κ3) is 2.00. The molecular formula is C25H29NO3. The summed E-state index contributed by atoms with van der Waals surface area (Å²) in [7, 11) is 0. The second kappa shape index (κ2) is 5.53. The molecule has 5 aliphatic rings. The zero-order valence-corrected chi connectivity index (χ0v) is 17.4. The Kier molecular flexibility index (Phi) is 3.38. The number of ether oxygens (including phenoxy) is 1. The number of hydrogen-bond donors (Lipinski definition) is 0. The summed E-state index contributed by atoms with van der Waals surface area (Å²) >= 11 is 0. The number of allylic oxidation sites excluding steroid dienone is 2. The third-order valence-corrected chi connectivity index (χ3v) is 9.61. The van der Waals surface area contributed by atoms with Gasteiger partial charge in [-0.3, -0.25) is 4.79 Å². The summed E-state index contributed by atoms with van der Waals surface area (Å²) in [6, 6.07) is 10.3. The molecular weight excluding hydrogens is 362 g/mol. The molecule has 4 heteroatoms. The molecule has 1 aromatic rings. The Labute approximate surface area is 172 Å². The van der Waals surface area contributed by atoms with Gasteiger partial charge >= 0.3 is 6.09 Å². The van der Waals surface area contributed by atoms with Gasteiger partial charge in [0.05, 0.1) is 12.0 Å². The van der Waals surface area contributed by atoms with Gasteiger partial charge in [-0.1, -0.05) is 63.3 Å². The van der Waals surface area contributed by atoms with Gasteiger partial charge in [0.15, 0.2) is 0 Å². The van der Waals surface area contributed by atoms with Gasteiger partial charge in [0.1, 0.15) is 6.10 Å². The van der Waals surface area contributed by atoms with E-state index in [1.165, 1.54) is 5.56 Å². The van der Waals surface area contributed by atoms with Crippen molar-refractivity contribution < 1.29 is 14.3 Å². The van der Waals surface area contributed by atoms with E-state index in [-0.39, 0.29) is 46.6 Å². The number of carbonyl (C=O) groups excluding carboxylic acids is 2. The first-order valence-corrected chi connectivity index (χ1v) is 11.1. The Bertz CT molecular complexity index is 921. The molecule has 1 aromatic carbocycles. The van der Waals surface area contributed by atoms with Crippen molar-refractivity contribution in [2.45, 2.75) is 58.1 Å². The summed E-state index contributed by atoms with van der Waals surface area (Å²) in [6.07, 6.45) is 7.08. The largest absolute Gasteiger partial charge is 0.443 e. The Balaban J connectivity index is 1.38. The number of rotatable bonds is 2. The van der Waals surface area contributed by atoms with Crippen molar-refractivity contribution in [3.63, 3.8) is 0 Å². The number of fused-ring (bicyclic) bond motifs is 7. The highest BCUT2D eigenvalue weighted by Gasteiger charge is 2.73. The molecule has 1 heterocycles. The van der Waals surface area contributed by atoms with E-state index < -0.39 is 6.09 Å². The lowest BCUT2D eigenvalue weighted by Crippen LogP contribution is -2.49. The van der Waals surface area contributed by atoms with Gasteiger partial charge in [0.2, 0.25) is 5.91 Å². The molecule has 1 saturated heterocycles. The predicted octanol–water partition coefficient (Wildman–Crippen LogP) is 4.76. The second-order valence-corrected chi connectivity index (χ2v) is 10.7. The third-order valence-electron chi connectivity index (χ3n) is 9.61. The summed E-state index contributed by atoms with van der Waals surface area (Å²) in [5.41, 5.74) is 1.25. The minimum absolute atomic E-state index is 0.000142. The molecule has 152 valence electrons.